The van der Waals surface area contributed by atoms with Crippen molar-refractivity contribution in [2.45, 2.75) is 32.7 Å². The number of piperidine rings is 1. The van der Waals surface area contributed by atoms with Crippen LogP contribution in [0.2, 0.25) is 0 Å². The second-order valence-electron chi connectivity index (χ2n) is 10.3. The molecule has 1 saturated heterocycles. The van der Waals surface area contributed by atoms with Gasteiger partial charge in [-0.3, -0.25) is 10.2 Å². The van der Waals surface area contributed by atoms with Gasteiger partial charge in [-0.05, 0) is 49.2 Å². The van der Waals surface area contributed by atoms with E-state index < -0.39 is 5.41 Å². The zero-order valence-corrected chi connectivity index (χ0v) is 22.6. The Balaban J connectivity index is 1.50. The van der Waals surface area contributed by atoms with Crippen LogP contribution in [-0.2, 0) is 4.79 Å². The number of nitriles is 1. The van der Waals surface area contributed by atoms with Gasteiger partial charge in [0.1, 0.15) is 41.1 Å². The minimum absolute atomic E-state index is 0.00754. The highest BCUT2D eigenvalue weighted by atomic mass is 16.5. The number of carbonyl (C=O) groups excluding carboxylic acids is 1. The molecule has 0 aliphatic carbocycles. The van der Waals surface area contributed by atoms with E-state index in [4.69, 9.17) is 15.9 Å². The van der Waals surface area contributed by atoms with Gasteiger partial charge in [-0.15, -0.1) is 0 Å². The van der Waals surface area contributed by atoms with Crippen molar-refractivity contribution in [3.05, 3.63) is 83.7 Å². The lowest BCUT2D eigenvalue weighted by atomic mass is 9.91. The first-order chi connectivity index (χ1) is 19.2. The number of aromatic nitrogens is 2. The smallest absolute Gasteiger partial charge is 0.264 e. The van der Waals surface area contributed by atoms with Crippen molar-refractivity contribution in [2.24, 2.45) is 5.41 Å². The van der Waals surface area contributed by atoms with Crippen molar-refractivity contribution in [1.82, 2.24) is 14.9 Å². The summed E-state index contributed by atoms with van der Waals surface area (Å²) in [5, 5.41) is 31.4. The molecule has 4 rings (SSSR count). The van der Waals surface area contributed by atoms with Crippen LogP contribution in [0.5, 0.6) is 11.5 Å². The van der Waals surface area contributed by atoms with Crippen LogP contribution >= 0.6 is 0 Å². The molecule has 0 saturated carbocycles. The topological polar surface area (TPSA) is 161 Å². The molecule has 1 aliphatic heterocycles. The highest BCUT2D eigenvalue weighted by molar-refractivity contribution is 6.16. The number of nitrogens with zero attached hydrogens (tertiary/aromatic N) is 4. The van der Waals surface area contributed by atoms with E-state index in [2.05, 4.69) is 15.3 Å². The summed E-state index contributed by atoms with van der Waals surface area (Å²) < 4.78 is 5.85. The molecule has 1 unspecified atom stereocenters. The number of hydrogen-bond donors (Lipinski definition) is 4. The Morgan fingerprint density at radius 3 is 2.60 bits per heavy atom. The summed E-state index contributed by atoms with van der Waals surface area (Å²) in [7, 11) is 0. The number of anilines is 2. The average Bonchev–Trinajstić information content (AvgIpc) is 2.96. The Labute approximate surface area is 233 Å². The van der Waals surface area contributed by atoms with Crippen molar-refractivity contribution < 1.29 is 14.6 Å². The second-order valence-corrected chi connectivity index (χ2v) is 10.3. The SMILES string of the molecule is CC(C)(/C=C(\C#N)C(=O)N1CCCC(Nc2ncnc(N)c2C(=N)c2ccc(Oc3ccccc3)cc2)C1)CO. The van der Waals surface area contributed by atoms with Gasteiger partial charge in [0.05, 0.1) is 17.9 Å². The summed E-state index contributed by atoms with van der Waals surface area (Å²) in [5.41, 5.74) is 6.66. The molecule has 5 N–H and O–H groups in total. The summed E-state index contributed by atoms with van der Waals surface area (Å²) in [6.07, 6.45) is 4.35. The van der Waals surface area contributed by atoms with E-state index in [1.165, 1.54) is 12.4 Å². The molecule has 1 amide bonds. The number of likely N-dealkylation sites (tertiary alicyclic amines) is 1. The summed E-state index contributed by atoms with van der Waals surface area (Å²) in [4.78, 5) is 23.2. The second kappa shape index (κ2) is 12.4. The molecule has 1 fully saturated rings. The van der Waals surface area contributed by atoms with Crippen LogP contribution in [0.3, 0.4) is 0 Å². The first-order valence-corrected chi connectivity index (χ1v) is 13.0. The number of hydrogen-bond acceptors (Lipinski definition) is 9. The van der Waals surface area contributed by atoms with Gasteiger partial charge in [0, 0.05) is 30.1 Å². The molecule has 2 aromatic carbocycles. The van der Waals surface area contributed by atoms with E-state index in [1.807, 2.05) is 36.4 Å². The molecule has 3 aromatic rings. The Morgan fingerprint density at radius 2 is 1.93 bits per heavy atom. The van der Waals surface area contributed by atoms with Crippen LogP contribution in [0.15, 0.2) is 72.6 Å². The highest BCUT2D eigenvalue weighted by Crippen LogP contribution is 2.27. The monoisotopic (exact) mass is 539 g/mol. The summed E-state index contributed by atoms with van der Waals surface area (Å²) in [6, 6.07) is 18.4. The first kappa shape index (κ1) is 28.3. The van der Waals surface area contributed by atoms with E-state index in [1.54, 1.807) is 43.0 Å². The van der Waals surface area contributed by atoms with Crippen LogP contribution in [0, 0.1) is 22.2 Å². The number of ether oxygens (including phenoxy) is 1. The minimum Gasteiger partial charge on any atom is -0.457 e. The van der Waals surface area contributed by atoms with E-state index in [0.29, 0.717) is 41.5 Å². The first-order valence-electron chi connectivity index (χ1n) is 13.0. The lowest BCUT2D eigenvalue weighted by Crippen LogP contribution is -2.46. The lowest BCUT2D eigenvalue weighted by molar-refractivity contribution is -0.127. The van der Waals surface area contributed by atoms with Crippen molar-refractivity contribution >= 4 is 23.3 Å². The summed E-state index contributed by atoms with van der Waals surface area (Å²) >= 11 is 0. The minimum atomic E-state index is -0.687. The number of carbonyl (C=O) groups is 1. The fourth-order valence-corrected chi connectivity index (χ4v) is 4.44. The number of benzene rings is 2. The molecule has 1 atom stereocenters. The van der Waals surface area contributed by atoms with Gasteiger partial charge in [-0.1, -0.05) is 38.1 Å². The Kier molecular flexibility index (Phi) is 8.76. The van der Waals surface area contributed by atoms with Gasteiger partial charge >= 0.3 is 0 Å². The van der Waals surface area contributed by atoms with Gasteiger partial charge in [-0.25, -0.2) is 9.97 Å². The maximum Gasteiger partial charge on any atom is 0.264 e. The van der Waals surface area contributed by atoms with Crippen molar-refractivity contribution in [1.29, 1.82) is 10.7 Å². The van der Waals surface area contributed by atoms with Crippen LogP contribution in [0.25, 0.3) is 0 Å². The third-order valence-corrected chi connectivity index (χ3v) is 6.59. The Bertz CT molecular complexity index is 1430. The van der Waals surface area contributed by atoms with Crippen LogP contribution in [0.4, 0.5) is 11.6 Å². The maximum absolute atomic E-state index is 13.1. The van der Waals surface area contributed by atoms with E-state index in [0.717, 1.165) is 12.8 Å². The molecule has 1 aromatic heterocycles. The van der Waals surface area contributed by atoms with Crippen molar-refractivity contribution in [3.63, 3.8) is 0 Å². The Morgan fingerprint density at radius 1 is 1.23 bits per heavy atom. The lowest BCUT2D eigenvalue weighted by Gasteiger charge is -2.34. The van der Waals surface area contributed by atoms with Crippen LogP contribution < -0.4 is 15.8 Å². The predicted octanol–water partition coefficient (Wildman–Crippen LogP) is 4.14. The Hall–Kier alpha value is -4.75. The molecule has 2 heterocycles. The molecule has 206 valence electrons. The molecule has 40 heavy (non-hydrogen) atoms. The molecule has 10 heteroatoms. The molecule has 0 spiro atoms. The number of nitrogens with two attached hydrogens (primary N) is 1. The molecule has 1 aliphatic rings. The number of amides is 1. The number of nitrogens with one attached hydrogen (secondary N) is 2. The highest BCUT2D eigenvalue weighted by Gasteiger charge is 2.29. The van der Waals surface area contributed by atoms with Crippen LogP contribution in [0.1, 0.15) is 37.8 Å². The molecular weight excluding hydrogens is 506 g/mol. The van der Waals surface area contributed by atoms with Gasteiger partial charge in [0.15, 0.2) is 0 Å². The van der Waals surface area contributed by atoms with Crippen molar-refractivity contribution in [2.75, 3.05) is 30.7 Å². The standard InChI is InChI=1S/C30H33N7O3/c1-30(2,18-38)15-21(16-31)29(39)37-14-6-7-22(17-37)36-28-25(27(33)34-19-35-28)26(32)20-10-12-24(13-11-20)40-23-8-4-3-5-9-23/h3-5,8-13,15,19,22,32,38H,6-7,14,17-18H2,1-2H3,(H3,33,34,35,36)/b21-15+,32-26?. The number of aliphatic hydroxyl groups excluding tert-OH is 1. The predicted molar refractivity (Wildman–Crippen MR) is 153 cm³/mol. The fourth-order valence-electron chi connectivity index (χ4n) is 4.44. The van der Waals surface area contributed by atoms with E-state index >= 15 is 0 Å². The summed E-state index contributed by atoms with van der Waals surface area (Å²) in [5.74, 6) is 1.55. The third-order valence-electron chi connectivity index (χ3n) is 6.59. The number of aliphatic hydroxyl groups is 1. The van der Waals surface area contributed by atoms with Crippen LogP contribution in [-0.4, -0.2) is 57.3 Å². The van der Waals surface area contributed by atoms with Gasteiger partial charge in [0.25, 0.3) is 5.91 Å². The zero-order valence-electron chi connectivity index (χ0n) is 22.6. The maximum atomic E-state index is 13.1. The normalized spacial score (nSPS) is 15.7. The quantitative estimate of drug-likeness (QED) is 0.179. The average molecular weight is 540 g/mol. The molecular formula is C30H33N7O3. The molecule has 0 bridgehead atoms. The number of para-hydroxylation sites is 1. The third kappa shape index (κ3) is 6.81. The van der Waals surface area contributed by atoms with E-state index in [9.17, 15) is 15.2 Å². The van der Waals surface area contributed by atoms with E-state index in [-0.39, 0.29) is 35.7 Å². The molecule has 0 radical (unpaired) electrons. The fraction of sp³-hybridized carbons (Fsp3) is 0.300. The summed E-state index contributed by atoms with van der Waals surface area (Å²) in [6.45, 7) is 4.21. The van der Waals surface area contributed by atoms with Gasteiger partial charge < -0.3 is 25.8 Å². The molecule has 10 nitrogen and oxygen atoms in total. The van der Waals surface area contributed by atoms with Gasteiger partial charge in [-0.2, -0.15) is 5.26 Å². The van der Waals surface area contributed by atoms with Gasteiger partial charge in [0.2, 0.25) is 0 Å². The zero-order chi connectivity index (χ0) is 28.7. The van der Waals surface area contributed by atoms with Crippen molar-refractivity contribution in [3.8, 4) is 17.6 Å². The number of rotatable bonds is 9. The largest absolute Gasteiger partial charge is 0.457 e. The number of nitrogen functional groups attached to an aromatic ring is 1.